The van der Waals surface area contributed by atoms with Crippen LogP contribution in [0, 0.1) is 5.82 Å². The van der Waals surface area contributed by atoms with Crippen LogP contribution in [-0.2, 0) is 27.2 Å². The zero-order valence-electron chi connectivity index (χ0n) is 22.2. The molecule has 2 atom stereocenters. The average Bonchev–Trinajstić information content (AvgIpc) is 2.78. The monoisotopic (exact) mass is 545 g/mol. The summed E-state index contributed by atoms with van der Waals surface area (Å²) in [7, 11) is 7.81. The van der Waals surface area contributed by atoms with Crippen LogP contribution in [-0.4, -0.2) is 84.4 Å². The van der Waals surface area contributed by atoms with Crippen LogP contribution in [0.15, 0.2) is 48.5 Å². The molecule has 6 nitrogen and oxygen atoms in total. The first-order valence-electron chi connectivity index (χ1n) is 12.4. The quantitative estimate of drug-likeness (QED) is 0.194. The van der Waals surface area contributed by atoms with E-state index in [4.69, 9.17) is 33.7 Å². The predicted molar refractivity (Wildman–Crippen MR) is 160 cm³/mol. The number of amides is 1. The topological polar surface area (TPSA) is 84.7 Å². The lowest BCUT2D eigenvalue weighted by Gasteiger charge is -2.35. The number of nitrogens with zero attached hydrogens (tertiary/aromatic N) is 1. The Morgan fingerprint density at radius 3 is 1.95 bits per heavy atom. The van der Waals surface area contributed by atoms with E-state index in [1.165, 1.54) is 12.1 Å². The lowest BCUT2D eigenvalue weighted by molar-refractivity contribution is -0.147. The van der Waals surface area contributed by atoms with Crippen LogP contribution in [0.25, 0.3) is 0 Å². The maximum atomic E-state index is 13.2. The fourth-order valence-electron chi connectivity index (χ4n) is 3.91. The molecule has 196 valence electrons. The Bertz CT molecular complexity index is 1020. The number of benzene rings is 2. The van der Waals surface area contributed by atoms with Crippen molar-refractivity contribution < 1.29 is 18.7 Å². The summed E-state index contributed by atoms with van der Waals surface area (Å²) in [4.78, 5) is 27.4. The van der Waals surface area contributed by atoms with E-state index < -0.39 is 33.3 Å². The molecule has 0 saturated carbocycles. The number of nitrogens with two attached hydrogens (primary N) is 1. The minimum Gasteiger partial charge on any atom is -0.464 e. The van der Waals surface area contributed by atoms with Gasteiger partial charge in [0.1, 0.15) is 43.2 Å². The maximum absolute atomic E-state index is 13.2. The van der Waals surface area contributed by atoms with Crippen molar-refractivity contribution in [2.45, 2.75) is 41.2 Å². The van der Waals surface area contributed by atoms with Crippen LogP contribution >= 0.6 is 23.2 Å². The van der Waals surface area contributed by atoms with E-state index in [0.29, 0.717) is 18.7 Å². The molecule has 3 N–H and O–H groups in total. The van der Waals surface area contributed by atoms with E-state index in [2.05, 4.69) is 10.2 Å². The van der Waals surface area contributed by atoms with Gasteiger partial charge in [-0.1, -0.05) is 24.3 Å². The van der Waals surface area contributed by atoms with E-state index in [1.807, 2.05) is 55.7 Å². The lowest BCUT2D eigenvalue weighted by atomic mass is 9.67. The Kier molecular flexibility index (Phi) is 11.5. The number of esters is 1. The number of hydrogen-bond acceptors (Lipinski definition) is 5. The van der Waals surface area contributed by atoms with Gasteiger partial charge in [-0.15, -0.1) is 23.2 Å². The molecule has 0 aliphatic heterocycles. The fourth-order valence-corrected chi connectivity index (χ4v) is 4.20. The summed E-state index contributed by atoms with van der Waals surface area (Å²) in [6.07, 6.45) is 0.441. The maximum Gasteiger partial charge on any atom is 0.328 e. The van der Waals surface area contributed by atoms with Gasteiger partial charge in [-0.3, -0.25) is 4.79 Å². The molecule has 2 unspecified atom stereocenters. The number of hydrogen-bond donors (Lipinski definition) is 2. The van der Waals surface area contributed by atoms with Crippen molar-refractivity contribution in [3.8, 4) is 0 Å². The minimum absolute atomic E-state index is 0.163. The van der Waals surface area contributed by atoms with E-state index in [9.17, 15) is 14.0 Å². The molecule has 0 heterocycles. The molecule has 0 aromatic heterocycles. The third kappa shape index (κ3) is 11.5. The van der Waals surface area contributed by atoms with E-state index in [1.54, 1.807) is 19.1 Å². The highest BCUT2D eigenvalue weighted by Crippen LogP contribution is 2.22. The summed E-state index contributed by atoms with van der Waals surface area (Å²) in [5, 5.41) is 2.70. The highest BCUT2D eigenvalue weighted by molar-refractivity contribution is 6.63. The molecule has 1 amide bonds. The molecule has 0 aliphatic carbocycles. The molecule has 2 aromatic rings. The zero-order chi connectivity index (χ0) is 27.8. The number of alkyl halides is 2. The summed E-state index contributed by atoms with van der Waals surface area (Å²) < 4.78 is 17.5. The normalized spacial score (nSPS) is 13.4. The first-order valence-corrected chi connectivity index (χ1v) is 13.1. The molecule has 0 spiro atoms. The van der Waals surface area contributed by atoms with Crippen LogP contribution in [0.4, 0.5) is 10.1 Å². The Balaban J connectivity index is 2.08. The molecule has 37 heavy (non-hydrogen) atoms. The molecule has 0 bridgehead atoms. The van der Waals surface area contributed by atoms with Gasteiger partial charge in [-0.05, 0) is 48.7 Å². The Morgan fingerprint density at radius 2 is 1.46 bits per heavy atom. The number of halogens is 3. The number of carbonyl (C=O) groups excluding carboxylic acids is 2. The Hall–Kier alpha value is -2.09. The number of ether oxygens (including phenoxy) is 1. The van der Waals surface area contributed by atoms with Crippen molar-refractivity contribution in [2.24, 2.45) is 5.73 Å². The van der Waals surface area contributed by atoms with Gasteiger partial charge in [-0.2, -0.15) is 0 Å². The van der Waals surface area contributed by atoms with Crippen molar-refractivity contribution in [3.05, 3.63) is 65.5 Å². The number of rotatable bonds is 13. The fraction of sp³-hybridized carbons (Fsp3) is 0.417. The van der Waals surface area contributed by atoms with Gasteiger partial charge < -0.3 is 20.7 Å². The second-order valence-corrected chi connectivity index (χ2v) is 12.5. The van der Waals surface area contributed by atoms with Gasteiger partial charge >= 0.3 is 5.97 Å². The molecule has 2 aromatic carbocycles. The van der Waals surface area contributed by atoms with Gasteiger partial charge in [0, 0.05) is 34.5 Å². The molecule has 0 saturated heterocycles. The van der Waals surface area contributed by atoms with Crippen molar-refractivity contribution in [2.75, 3.05) is 24.6 Å². The van der Waals surface area contributed by atoms with Crippen molar-refractivity contribution in [1.29, 1.82) is 0 Å². The molecule has 0 fully saturated rings. The Morgan fingerprint density at radius 1 is 0.973 bits per heavy atom. The van der Waals surface area contributed by atoms with Gasteiger partial charge in [0.2, 0.25) is 5.91 Å². The zero-order valence-corrected chi connectivity index (χ0v) is 23.7. The van der Waals surface area contributed by atoms with Crippen molar-refractivity contribution in [3.63, 3.8) is 0 Å². The first-order chi connectivity index (χ1) is 17.2. The highest BCUT2D eigenvalue weighted by Gasteiger charge is 2.27. The molecule has 13 heteroatoms. The minimum atomic E-state index is -0.933. The summed E-state index contributed by atoms with van der Waals surface area (Å²) >= 11 is 13.0. The van der Waals surface area contributed by atoms with Gasteiger partial charge in [-0.25, -0.2) is 9.18 Å². The van der Waals surface area contributed by atoms with E-state index >= 15 is 0 Å². The van der Waals surface area contributed by atoms with Gasteiger partial charge in [0.05, 0.1) is 12.6 Å². The summed E-state index contributed by atoms with van der Waals surface area (Å²) in [6, 6.07) is 11.7. The summed E-state index contributed by atoms with van der Waals surface area (Å²) in [5.74, 6) is -1.42. The van der Waals surface area contributed by atoms with E-state index in [-0.39, 0.29) is 25.3 Å². The third-order valence-corrected chi connectivity index (χ3v) is 5.71. The second kappa shape index (κ2) is 13.6. The van der Waals surface area contributed by atoms with Crippen LogP contribution in [0.3, 0.4) is 0 Å². The Labute approximate surface area is 232 Å². The van der Waals surface area contributed by atoms with Crippen LogP contribution in [0.5, 0.6) is 0 Å². The van der Waals surface area contributed by atoms with Gasteiger partial charge in [0.25, 0.3) is 0 Å². The smallest absolute Gasteiger partial charge is 0.328 e. The third-order valence-electron chi connectivity index (χ3n) is 5.47. The second-order valence-electron chi connectivity index (χ2n) is 10.4. The van der Waals surface area contributed by atoms with Crippen molar-refractivity contribution in [1.82, 2.24) is 5.32 Å². The first kappa shape index (κ1) is 31.1. The predicted octanol–water partition coefficient (Wildman–Crippen LogP) is -0.890. The van der Waals surface area contributed by atoms with Crippen LogP contribution < -0.4 is 16.0 Å². The largest absolute Gasteiger partial charge is 0.464 e. The molecule has 0 radical (unpaired) electrons. The summed E-state index contributed by atoms with van der Waals surface area (Å²) in [5.41, 5.74) is 8.71. The van der Waals surface area contributed by atoms with Gasteiger partial charge in [0.15, 0.2) is 0 Å². The molecular weight excluding hydrogens is 511 g/mol. The standard InChI is InChI=1S/C24H34B4Cl2FN3O3/c1-2-37-22(36)20(12-16-3-7-17(31)8-4-16)33-21(35)19(32)11-15-5-9-18(10-6-15)34(13-23(25,26)29)14-24(27,28)30/h3-10,19-20H,2,11-14,25-28,32H2,1H3,(H,33,35). The number of nitrogens with one attached hydrogen (secondary N) is 1. The number of carbonyl (C=O) groups is 2. The number of anilines is 1. The van der Waals surface area contributed by atoms with E-state index in [0.717, 1.165) is 11.3 Å². The molecule has 2 rings (SSSR count). The van der Waals surface area contributed by atoms with Crippen molar-refractivity contribution >= 4 is 72.2 Å². The molecular formula is C24H34B4Cl2FN3O3. The average molecular weight is 546 g/mol. The highest BCUT2D eigenvalue weighted by atomic mass is 35.5. The molecule has 0 aliphatic rings. The SMILES string of the molecule is BC(B)(Cl)CN(CC(B)(B)Cl)c1ccc(CC(N)C(=O)NC(Cc2ccc(F)cc2)C(=O)OCC)cc1. The lowest BCUT2D eigenvalue weighted by Crippen LogP contribution is -2.50. The van der Waals surface area contributed by atoms with Crippen LogP contribution in [0.1, 0.15) is 18.1 Å². The van der Waals surface area contributed by atoms with Crippen LogP contribution in [0.2, 0.25) is 0 Å². The summed E-state index contributed by atoms with van der Waals surface area (Å²) in [6.45, 7) is 3.07.